The van der Waals surface area contributed by atoms with Crippen molar-refractivity contribution in [2.75, 3.05) is 7.11 Å². The van der Waals surface area contributed by atoms with Gasteiger partial charge in [-0.3, -0.25) is 0 Å². The Morgan fingerprint density at radius 2 is 1.62 bits per heavy atom. The maximum atomic E-state index is 12.0. The highest BCUT2D eigenvalue weighted by atomic mass is 17.2. The van der Waals surface area contributed by atoms with E-state index in [0.717, 1.165) is 11.1 Å². The molecule has 1 atom stereocenters. The molecule has 0 fully saturated rings. The monoisotopic (exact) mass is 401 g/mol. The Hall–Kier alpha value is -3.06. The third kappa shape index (κ3) is 8.23. The lowest BCUT2D eigenvalue weighted by Gasteiger charge is -2.22. The molecule has 0 aliphatic carbocycles. The van der Waals surface area contributed by atoms with Crippen molar-refractivity contribution in [2.24, 2.45) is 0 Å². The third-order valence-electron chi connectivity index (χ3n) is 3.76. The molecule has 1 N–H and O–H groups in total. The molecule has 0 aromatic heterocycles. The lowest BCUT2D eigenvalue weighted by molar-refractivity contribution is -0.217. The van der Waals surface area contributed by atoms with Gasteiger partial charge in [0.05, 0.1) is 7.11 Å². The van der Waals surface area contributed by atoms with Gasteiger partial charge in [0.25, 0.3) is 0 Å². The number of benzene rings is 2. The minimum atomic E-state index is -0.865. The maximum Gasteiger partial charge on any atom is 0.408 e. The van der Waals surface area contributed by atoms with Gasteiger partial charge in [0.1, 0.15) is 18.2 Å². The molecule has 29 heavy (non-hydrogen) atoms. The van der Waals surface area contributed by atoms with Crippen LogP contribution in [0.3, 0.4) is 0 Å². The summed E-state index contributed by atoms with van der Waals surface area (Å²) in [7, 11) is 1.27. The van der Waals surface area contributed by atoms with Gasteiger partial charge >= 0.3 is 12.1 Å². The molecule has 7 heteroatoms. The van der Waals surface area contributed by atoms with E-state index in [-0.39, 0.29) is 6.42 Å². The molecule has 2 aromatic carbocycles. The smallest absolute Gasteiger partial charge is 0.408 e. The van der Waals surface area contributed by atoms with Crippen molar-refractivity contribution in [1.29, 1.82) is 0 Å². The average Bonchev–Trinajstić information content (AvgIpc) is 2.67. The van der Waals surface area contributed by atoms with Crippen molar-refractivity contribution in [3.63, 3.8) is 0 Å². The van der Waals surface area contributed by atoms with Crippen molar-refractivity contribution in [3.8, 4) is 5.75 Å². The fraction of sp³-hybridized carbons (Fsp3) is 0.364. The Labute approximate surface area is 170 Å². The highest BCUT2D eigenvalue weighted by Crippen LogP contribution is 2.15. The summed E-state index contributed by atoms with van der Waals surface area (Å²) in [5.41, 5.74) is 1.15. The number of hydrogen-bond acceptors (Lipinski definition) is 6. The van der Waals surface area contributed by atoms with E-state index in [1.807, 2.05) is 30.3 Å². The van der Waals surface area contributed by atoms with E-state index < -0.39 is 23.7 Å². The van der Waals surface area contributed by atoms with Gasteiger partial charge in [0.15, 0.2) is 5.75 Å². The number of esters is 1. The van der Waals surface area contributed by atoms with Gasteiger partial charge in [-0.25, -0.2) is 9.59 Å². The van der Waals surface area contributed by atoms with Crippen LogP contribution < -0.4 is 10.2 Å². The predicted octanol–water partition coefficient (Wildman–Crippen LogP) is 3.81. The van der Waals surface area contributed by atoms with Crippen LogP contribution in [-0.4, -0.2) is 30.8 Å². The molecule has 156 valence electrons. The Bertz CT molecular complexity index is 783. The zero-order chi connectivity index (χ0) is 21.3. The first-order valence-electron chi connectivity index (χ1n) is 9.26. The fourth-order valence-electron chi connectivity index (χ4n) is 2.44. The summed E-state index contributed by atoms with van der Waals surface area (Å²) in [5.74, 6) is -0.0261. The largest absolute Gasteiger partial charge is 0.467 e. The van der Waals surface area contributed by atoms with Crippen LogP contribution in [0.5, 0.6) is 5.75 Å². The maximum absolute atomic E-state index is 12.0. The third-order valence-corrected chi connectivity index (χ3v) is 3.76. The molecule has 2 rings (SSSR count). The van der Waals surface area contributed by atoms with E-state index in [1.165, 1.54) is 7.11 Å². The molecule has 0 bridgehead atoms. The molecule has 0 saturated carbocycles. The molecule has 0 spiro atoms. The van der Waals surface area contributed by atoms with Crippen LogP contribution in [0.15, 0.2) is 54.6 Å². The van der Waals surface area contributed by atoms with Crippen LogP contribution in [-0.2, 0) is 32.2 Å². The molecule has 0 radical (unpaired) electrons. The summed E-state index contributed by atoms with van der Waals surface area (Å²) in [6.07, 6.45) is -0.431. The average molecular weight is 401 g/mol. The molecule has 2 aromatic rings. The normalized spacial score (nSPS) is 12.0. The second kappa shape index (κ2) is 10.5. The van der Waals surface area contributed by atoms with E-state index in [4.69, 9.17) is 19.2 Å². The van der Waals surface area contributed by atoms with E-state index >= 15 is 0 Å². The lowest BCUT2D eigenvalue weighted by atomic mass is 10.1. The van der Waals surface area contributed by atoms with Crippen molar-refractivity contribution in [2.45, 2.75) is 45.4 Å². The van der Waals surface area contributed by atoms with Gasteiger partial charge in [-0.2, -0.15) is 4.89 Å². The SMILES string of the molecule is COC(=O)[C@H](Cc1ccc(OOCc2ccccc2)cc1)NC(=O)OC(C)(C)C. The van der Waals surface area contributed by atoms with Gasteiger partial charge in [-0.05, 0) is 44.0 Å². The van der Waals surface area contributed by atoms with Crippen LogP contribution >= 0.6 is 0 Å². The van der Waals surface area contributed by atoms with Crippen LogP contribution in [0.4, 0.5) is 4.79 Å². The van der Waals surface area contributed by atoms with Crippen molar-refractivity contribution in [3.05, 3.63) is 65.7 Å². The number of amides is 1. The highest BCUT2D eigenvalue weighted by Gasteiger charge is 2.25. The number of carbonyl (C=O) groups is 2. The zero-order valence-electron chi connectivity index (χ0n) is 17.1. The van der Waals surface area contributed by atoms with Crippen molar-refractivity contribution < 1.29 is 28.8 Å². The minimum Gasteiger partial charge on any atom is -0.467 e. The van der Waals surface area contributed by atoms with Crippen molar-refractivity contribution in [1.82, 2.24) is 5.32 Å². The number of methoxy groups -OCH3 is 1. The van der Waals surface area contributed by atoms with E-state index in [1.54, 1.807) is 45.0 Å². The standard InChI is InChI=1S/C22H27NO6/c1-22(2,3)28-21(25)23-19(20(24)26-4)14-16-10-12-18(13-11-16)29-27-15-17-8-6-5-7-9-17/h5-13,19H,14-15H2,1-4H3,(H,23,25)/t19-/m0/s1. The molecule has 0 heterocycles. The highest BCUT2D eigenvalue weighted by molar-refractivity contribution is 5.81. The Morgan fingerprint density at radius 3 is 2.21 bits per heavy atom. The van der Waals surface area contributed by atoms with Gasteiger partial charge in [0.2, 0.25) is 0 Å². The number of alkyl carbamates (subject to hydrolysis) is 1. The summed E-state index contributed by atoms with van der Waals surface area (Å²) in [6.45, 7) is 5.57. The second-order valence-electron chi connectivity index (χ2n) is 7.40. The first-order valence-corrected chi connectivity index (χ1v) is 9.26. The molecule has 7 nitrogen and oxygen atoms in total. The van der Waals surface area contributed by atoms with Crippen molar-refractivity contribution >= 4 is 12.1 Å². The molecular formula is C22H27NO6. The van der Waals surface area contributed by atoms with Crippen LogP contribution in [0, 0.1) is 0 Å². The molecule has 0 saturated heterocycles. The summed E-state index contributed by atoms with van der Waals surface area (Å²) in [5, 5.41) is 2.55. The number of rotatable bonds is 8. The molecule has 0 aliphatic heterocycles. The summed E-state index contributed by atoms with van der Waals surface area (Å²) >= 11 is 0. The first-order chi connectivity index (χ1) is 13.8. The summed E-state index contributed by atoms with van der Waals surface area (Å²) in [6, 6.07) is 15.8. The fourth-order valence-corrected chi connectivity index (χ4v) is 2.44. The molecular weight excluding hydrogens is 374 g/mol. The Balaban J connectivity index is 1.90. The first kappa shape index (κ1) is 22.2. The summed E-state index contributed by atoms with van der Waals surface area (Å²) < 4.78 is 9.99. The van der Waals surface area contributed by atoms with Gasteiger partial charge in [-0.15, -0.1) is 0 Å². The lowest BCUT2D eigenvalue weighted by Crippen LogP contribution is -2.45. The number of carbonyl (C=O) groups excluding carboxylic acids is 2. The van der Waals surface area contributed by atoms with E-state index in [9.17, 15) is 9.59 Å². The summed E-state index contributed by atoms with van der Waals surface area (Å²) in [4.78, 5) is 34.5. The topological polar surface area (TPSA) is 83.1 Å². The molecule has 0 aliphatic rings. The quantitative estimate of drug-likeness (QED) is 0.411. The van der Waals surface area contributed by atoms with Crippen LogP contribution in [0.2, 0.25) is 0 Å². The molecule has 0 unspecified atom stereocenters. The number of hydrogen-bond donors (Lipinski definition) is 1. The van der Waals surface area contributed by atoms with Crippen LogP contribution in [0.25, 0.3) is 0 Å². The van der Waals surface area contributed by atoms with Gasteiger partial charge in [-0.1, -0.05) is 42.5 Å². The Morgan fingerprint density at radius 1 is 0.966 bits per heavy atom. The van der Waals surface area contributed by atoms with E-state index in [0.29, 0.717) is 12.4 Å². The zero-order valence-corrected chi connectivity index (χ0v) is 17.1. The van der Waals surface area contributed by atoms with Gasteiger partial charge in [0, 0.05) is 6.42 Å². The molecule has 1 amide bonds. The van der Waals surface area contributed by atoms with E-state index in [2.05, 4.69) is 5.32 Å². The Kier molecular flexibility index (Phi) is 8.03. The second-order valence-corrected chi connectivity index (χ2v) is 7.40. The predicted molar refractivity (Wildman–Crippen MR) is 107 cm³/mol. The minimum absolute atomic E-state index is 0.247. The van der Waals surface area contributed by atoms with Crippen LogP contribution in [0.1, 0.15) is 31.9 Å². The number of nitrogens with one attached hydrogen (secondary N) is 1. The number of ether oxygens (including phenoxy) is 2. The van der Waals surface area contributed by atoms with Gasteiger partial charge < -0.3 is 19.7 Å².